The summed E-state index contributed by atoms with van der Waals surface area (Å²) in [7, 11) is 0. The van der Waals surface area contributed by atoms with Gasteiger partial charge in [0.25, 0.3) is 0 Å². The van der Waals surface area contributed by atoms with Crippen molar-refractivity contribution in [3.63, 3.8) is 0 Å². The van der Waals surface area contributed by atoms with E-state index < -0.39 is 0 Å². The van der Waals surface area contributed by atoms with Crippen LogP contribution in [0, 0.1) is 5.92 Å². The summed E-state index contributed by atoms with van der Waals surface area (Å²) in [6, 6.07) is 1.91. The summed E-state index contributed by atoms with van der Waals surface area (Å²) in [4.78, 5) is 13.1. The molecule has 1 amide bonds. The first-order valence-electron chi connectivity index (χ1n) is 6.97. The van der Waals surface area contributed by atoms with E-state index in [9.17, 15) is 9.90 Å². The summed E-state index contributed by atoms with van der Waals surface area (Å²) in [6.07, 6.45) is 2.52. The molecule has 2 N–H and O–H groups in total. The van der Waals surface area contributed by atoms with Crippen molar-refractivity contribution < 1.29 is 9.90 Å². The quantitative estimate of drug-likeness (QED) is 0.847. The molecule has 21 heavy (non-hydrogen) atoms. The van der Waals surface area contributed by atoms with E-state index in [1.807, 2.05) is 16.8 Å². The Labute approximate surface area is 126 Å². The Kier molecular flexibility index (Phi) is 4.26. The molecule has 7 nitrogen and oxygen atoms in total. The molecular weight excluding hydrogens is 290 g/mol. The number of amides is 1. The van der Waals surface area contributed by atoms with Crippen LogP contribution in [0.25, 0.3) is 11.4 Å². The van der Waals surface area contributed by atoms with Gasteiger partial charge in [-0.25, -0.2) is 0 Å². The number of carbonyl (C=O) groups excluding carboxylic acids is 1. The lowest BCUT2D eigenvalue weighted by Gasteiger charge is -2.14. The molecule has 112 valence electrons. The van der Waals surface area contributed by atoms with Crippen molar-refractivity contribution in [2.45, 2.75) is 31.9 Å². The number of thiophene rings is 1. The molecular formula is C13H17N5O2S. The van der Waals surface area contributed by atoms with Gasteiger partial charge in [0.15, 0.2) is 0 Å². The second-order valence-electron chi connectivity index (χ2n) is 5.22. The molecule has 8 heteroatoms. The zero-order chi connectivity index (χ0) is 14.7. The standard InChI is InChI=1S/C13H17N5O2S/c19-11-3-1-2-9(11)6-14-12(20)7-18-16-13(15-17-18)10-4-5-21-8-10/h4-5,8-9,11,19H,1-3,6-7H2,(H,14,20). The number of hydrogen-bond acceptors (Lipinski definition) is 6. The van der Waals surface area contributed by atoms with E-state index in [0.29, 0.717) is 12.4 Å². The molecule has 0 bridgehead atoms. The van der Waals surface area contributed by atoms with Crippen LogP contribution in [0.2, 0.25) is 0 Å². The Morgan fingerprint density at radius 1 is 1.52 bits per heavy atom. The maximum Gasteiger partial charge on any atom is 0.243 e. The molecule has 2 aromatic heterocycles. The fraction of sp³-hybridized carbons (Fsp3) is 0.538. The van der Waals surface area contributed by atoms with E-state index in [1.165, 1.54) is 4.80 Å². The van der Waals surface area contributed by atoms with Crippen molar-refractivity contribution in [1.29, 1.82) is 0 Å². The third-order valence-electron chi connectivity index (χ3n) is 3.70. The van der Waals surface area contributed by atoms with Gasteiger partial charge in [-0.3, -0.25) is 4.79 Å². The van der Waals surface area contributed by atoms with Crippen LogP contribution in [-0.4, -0.2) is 43.9 Å². The molecule has 2 aromatic rings. The molecule has 1 aliphatic rings. The van der Waals surface area contributed by atoms with E-state index in [1.54, 1.807) is 11.3 Å². The van der Waals surface area contributed by atoms with Gasteiger partial charge in [-0.2, -0.15) is 16.1 Å². The van der Waals surface area contributed by atoms with Crippen LogP contribution >= 0.6 is 11.3 Å². The number of nitrogens with one attached hydrogen (secondary N) is 1. The number of rotatable bonds is 5. The molecule has 1 saturated carbocycles. The molecule has 2 unspecified atom stereocenters. The highest BCUT2D eigenvalue weighted by atomic mass is 32.1. The first kappa shape index (κ1) is 14.2. The van der Waals surface area contributed by atoms with Gasteiger partial charge in [-0.1, -0.05) is 6.42 Å². The van der Waals surface area contributed by atoms with Crippen molar-refractivity contribution in [3.05, 3.63) is 16.8 Å². The summed E-state index contributed by atoms with van der Waals surface area (Å²) >= 11 is 1.56. The predicted octanol–water partition coefficient (Wildman–Crippen LogP) is 0.679. The fourth-order valence-electron chi connectivity index (χ4n) is 2.50. The zero-order valence-corrected chi connectivity index (χ0v) is 12.3. The second kappa shape index (κ2) is 6.31. The Balaban J connectivity index is 1.51. The van der Waals surface area contributed by atoms with Crippen LogP contribution in [-0.2, 0) is 11.3 Å². The van der Waals surface area contributed by atoms with Crippen LogP contribution in [0.15, 0.2) is 16.8 Å². The van der Waals surface area contributed by atoms with Gasteiger partial charge in [-0.05, 0) is 29.5 Å². The lowest BCUT2D eigenvalue weighted by molar-refractivity contribution is -0.122. The molecule has 0 spiro atoms. The smallest absolute Gasteiger partial charge is 0.243 e. The van der Waals surface area contributed by atoms with Gasteiger partial charge in [0.2, 0.25) is 11.7 Å². The largest absolute Gasteiger partial charge is 0.393 e. The van der Waals surface area contributed by atoms with Gasteiger partial charge in [-0.15, -0.1) is 10.2 Å². The van der Waals surface area contributed by atoms with Crippen molar-refractivity contribution >= 4 is 17.2 Å². The van der Waals surface area contributed by atoms with Gasteiger partial charge < -0.3 is 10.4 Å². The monoisotopic (exact) mass is 307 g/mol. The maximum atomic E-state index is 11.9. The molecule has 2 atom stereocenters. The maximum absolute atomic E-state index is 11.9. The topological polar surface area (TPSA) is 92.9 Å². The Morgan fingerprint density at radius 2 is 2.43 bits per heavy atom. The first-order valence-corrected chi connectivity index (χ1v) is 7.92. The van der Waals surface area contributed by atoms with Gasteiger partial charge in [0, 0.05) is 23.4 Å². The average Bonchev–Trinajstić information content (AvgIpc) is 3.17. The van der Waals surface area contributed by atoms with Crippen molar-refractivity contribution in [2.75, 3.05) is 6.54 Å². The highest BCUT2D eigenvalue weighted by Crippen LogP contribution is 2.24. The molecule has 3 rings (SSSR count). The lowest BCUT2D eigenvalue weighted by atomic mass is 10.1. The second-order valence-corrected chi connectivity index (χ2v) is 6.00. The zero-order valence-electron chi connectivity index (χ0n) is 11.5. The molecule has 2 heterocycles. The average molecular weight is 307 g/mol. The lowest BCUT2D eigenvalue weighted by Crippen LogP contribution is -2.35. The molecule has 0 saturated heterocycles. The predicted molar refractivity (Wildman–Crippen MR) is 77.5 cm³/mol. The van der Waals surface area contributed by atoms with E-state index in [2.05, 4.69) is 20.7 Å². The number of tetrazole rings is 1. The minimum atomic E-state index is -0.292. The summed E-state index contributed by atoms with van der Waals surface area (Å²) in [5, 5.41) is 28.4. The van der Waals surface area contributed by atoms with Gasteiger partial charge >= 0.3 is 0 Å². The van der Waals surface area contributed by atoms with E-state index in [-0.39, 0.29) is 24.5 Å². The van der Waals surface area contributed by atoms with Crippen LogP contribution in [0.4, 0.5) is 0 Å². The summed E-state index contributed by atoms with van der Waals surface area (Å²) < 4.78 is 0. The summed E-state index contributed by atoms with van der Waals surface area (Å²) in [5.41, 5.74) is 0.903. The van der Waals surface area contributed by atoms with Gasteiger partial charge in [0.05, 0.1) is 6.10 Å². The fourth-order valence-corrected chi connectivity index (χ4v) is 3.14. The number of aliphatic hydroxyl groups is 1. The van der Waals surface area contributed by atoms with Gasteiger partial charge in [0.1, 0.15) is 6.54 Å². The highest BCUT2D eigenvalue weighted by Gasteiger charge is 2.25. The third kappa shape index (κ3) is 3.45. The van der Waals surface area contributed by atoms with Crippen LogP contribution < -0.4 is 5.32 Å². The Hall–Kier alpha value is -1.80. The molecule has 0 radical (unpaired) electrons. The van der Waals surface area contributed by atoms with Crippen LogP contribution in [0.1, 0.15) is 19.3 Å². The van der Waals surface area contributed by atoms with E-state index >= 15 is 0 Å². The summed E-state index contributed by atoms with van der Waals surface area (Å²) in [5.74, 6) is 0.526. The molecule has 1 fully saturated rings. The SMILES string of the molecule is O=C(Cn1nnc(-c2ccsc2)n1)NCC1CCCC1O. The number of aromatic nitrogens is 4. The van der Waals surface area contributed by atoms with Crippen LogP contribution in [0.3, 0.4) is 0 Å². The minimum Gasteiger partial charge on any atom is -0.393 e. The Bertz CT molecular complexity index is 597. The number of hydrogen-bond donors (Lipinski definition) is 2. The molecule has 0 aromatic carbocycles. The third-order valence-corrected chi connectivity index (χ3v) is 4.38. The molecule has 0 aliphatic heterocycles. The van der Waals surface area contributed by atoms with Crippen molar-refractivity contribution in [3.8, 4) is 11.4 Å². The number of carbonyl (C=O) groups is 1. The van der Waals surface area contributed by atoms with Crippen LogP contribution in [0.5, 0.6) is 0 Å². The Morgan fingerprint density at radius 3 is 3.14 bits per heavy atom. The highest BCUT2D eigenvalue weighted by molar-refractivity contribution is 7.08. The number of aliphatic hydroxyl groups excluding tert-OH is 1. The van der Waals surface area contributed by atoms with E-state index in [0.717, 1.165) is 24.8 Å². The molecule has 1 aliphatic carbocycles. The number of nitrogens with zero attached hydrogens (tertiary/aromatic N) is 4. The normalized spacial score (nSPS) is 21.6. The van der Waals surface area contributed by atoms with E-state index in [4.69, 9.17) is 0 Å². The first-order chi connectivity index (χ1) is 10.2. The van der Waals surface area contributed by atoms with Crippen molar-refractivity contribution in [2.24, 2.45) is 5.92 Å². The summed E-state index contributed by atoms with van der Waals surface area (Å²) in [6.45, 7) is 0.548. The minimum absolute atomic E-state index is 0.0416. The van der Waals surface area contributed by atoms with Crippen molar-refractivity contribution in [1.82, 2.24) is 25.5 Å².